The van der Waals surface area contributed by atoms with Gasteiger partial charge in [-0.1, -0.05) is 18.9 Å². The molecule has 3 rings (SSSR count). The molecule has 2 N–H and O–H groups in total. The number of nitrogens with one attached hydrogen (secondary N) is 2. The number of hydrogen-bond donors (Lipinski definition) is 2. The van der Waals surface area contributed by atoms with Crippen molar-refractivity contribution in [2.45, 2.75) is 51.2 Å². The van der Waals surface area contributed by atoms with Gasteiger partial charge in [0.2, 0.25) is 0 Å². The molecule has 1 fully saturated rings. The van der Waals surface area contributed by atoms with E-state index in [1.165, 1.54) is 30.6 Å². The predicted molar refractivity (Wildman–Crippen MR) is 92.4 cm³/mol. The fourth-order valence-electron chi connectivity index (χ4n) is 3.32. The third-order valence-electron chi connectivity index (χ3n) is 4.41. The van der Waals surface area contributed by atoms with Crippen LogP contribution in [0.15, 0.2) is 36.0 Å². The van der Waals surface area contributed by atoms with Gasteiger partial charge < -0.3 is 10.6 Å². The van der Waals surface area contributed by atoms with Crippen molar-refractivity contribution in [3.8, 4) is 0 Å². The summed E-state index contributed by atoms with van der Waals surface area (Å²) >= 11 is 1.73. The van der Waals surface area contributed by atoms with Crippen molar-refractivity contribution in [3.63, 3.8) is 0 Å². The molecular weight excluding hydrogens is 308 g/mol. The second kappa shape index (κ2) is 7.64. The lowest BCUT2D eigenvalue weighted by atomic mass is 9.97. The Hall–Kier alpha value is -1.82. The molecule has 2 aromatic heterocycles. The van der Waals surface area contributed by atoms with Crippen LogP contribution in [0.3, 0.4) is 0 Å². The molecular formula is C17H24N4OS. The number of carbonyl (C=O) groups is 1. The van der Waals surface area contributed by atoms with Gasteiger partial charge in [-0.25, -0.2) is 4.79 Å². The maximum absolute atomic E-state index is 12.4. The van der Waals surface area contributed by atoms with Crippen molar-refractivity contribution in [3.05, 3.63) is 40.8 Å². The van der Waals surface area contributed by atoms with E-state index < -0.39 is 0 Å². The van der Waals surface area contributed by atoms with Gasteiger partial charge >= 0.3 is 6.03 Å². The van der Waals surface area contributed by atoms with Crippen molar-refractivity contribution in [1.82, 2.24) is 20.4 Å². The molecule has 124 valence electrons. The topological polar surface area (TPSA) is 59.0 Å². The summed E-state index contributed by atoms with van der Waals surface area (Å²) in [5, 5.41) is 12.5. The lowest BCUT2D eigenvalue weighted by Gasteiger charge is -2.25. The first-order valence-corrected chi connectivity index (χ1v) is 9.18. The fourth-order valence-corrected chi connectivity index (χ4v) is 4.19. The molecule has 6 heteroatoms. The van der Waals surface area contributed by atoms with Gasteiger partial charge in [0.1, 0.15) is 0 Å². The highest BCUT2D eigenvalue weighted by atomic mass is 32.1. The number of thiophene rings is 1. The van der Waals surface area contributed by atoms with Gasteiger partial charge in [-0.05, 0) is 43.2 Å². The van der Waals surface area contributed by atoms with E-state index in [2.05, 4.69) is 33.2 Å². The second-order valence-corrected chi connectivity index (χ2v) is 7.26. The van der Waals surface area contributed by atoms with Crippen molar-refractivity contribution in [2.24, 2.45) is 5.92 Å². The van der Waals surface area contributed by atoms with Crippen molar-refractivity contribution >= 4 is 17.4 Å². The Bertz CT molecular complexity index is 590. The average Bonchev–Trinajstić information content (AvgIpc) is 3.27. The van der Waals surface area contributed by atoms with E-state index in [4.69, 9.17) is 0 Å². The minimum absolute atomic E-state index is 0.0301. The van der Waals surface area contributed by atoms with Crippen LogP contribution in [0.5, 0.6) is 0 Å². The number of hydrogen-bond acceptors (Lipinski definition) is 3. The Morgan fingerprint density at radius 3 is 2.87 bits per heavy atom. The van der Waals surface area contributed by atoms with Crippen LogP contribution < -0.4 is 10.6 Å². The van der Waals surface area contributed by atoms with E-state index in [9.17, 15) is 4.79 Å². The van der Waals surface area contributed by atoms with Crippen molar-refractivity contribution in [1.29, 1.82) is 0 Å². The summed E-state index contributed by atoms with van der Waals surface area (Å²) in [5.41, 5.74) is 0. The molecule has 0 saturated heterocycles. The van der Waals surface area contributed by atoms with Gasteiger partial charge in [-0.15, -0.1) is 11.3 Å². The zero-order valence-electron chi connectivity index (χ0n) is 13.4. The summed E-state index contributed by atoms with van der Waals surface area (Å²) in [6.07, 6.45) is 8.59. The van der Waals surface area contributed by atoms with Crippen LogP contribution >= 0.6 is 11.3 Å². The molecule has 2 aromatic rings. The van der Waals surface area contributed by atoms with Gasteiger partial charge in [-0.3, -0.25) is 4.68 Å². The summed E-state index contributed by atoms with van der Waals surface area (Å²) in [6, 6.07) is 6.15. The SMILES string of the molecule is C[C@@H](Cn1cccn1)NC(=O)N[C@@H](c1cccs1)C1CCCC1. The van der Waals surface area contributed by atoms with E-state index in [1.54, 1.807) is 17.5 Å². The molecule has 23 heavy (non-hydrogen) atoms. The second-order valence-electron chi connectivity index (χ2n) is 6.28. The summed E-state index contributed by atoms with van der Waals surface area (Å²) < 4.78 is 1.83. The van der Waals surface area contributed by atoms with Gasteiger partial charge in [0.25, 0.3) is 0 Å². The molecule has 0 radical (unpaired) electrons. The van der Waals surface area contributed by atoms with E-state index >= 15 is 0 Å². The number of aromatic nitrogens is 2. The van der Waals surface area contributed by atoms with Crippen LogP contribution in [-0.2, 0) is 6.54 Å². The molecule has 5 nitrogen and oxygen atoms in total. The summed E-state index contributed by atoms with van der Waals surface area (Å²) in [7, 11) is 0. The number of nitrogens with zero attached hydrogens (tertiary/aromatic N) is 2. The molecule has 0 aromatic carbocycles. The van der Waals surface area contributed by atoms with Crippen LogP contribution in [0, 0.1) is 5.92 Å². The summed E-state index contributed by atoms with van der Waals surface area (Å²) in [6.45, 7) is 2.67. The van der Waals surface area contributed by atoms with E-state index in [0.717, 1.165) is 0 Å². The fraction of sp³-hybridized carbons (Fsp3) is 0.529. The van der Waals surface area contributed by atoms with E-state index in [-0.39, 0.29) is 18.1 Å². The molecule has 1 aliphatic rings. The van der Waals surface area contributed by atoms with Gasteiger partial charge in [0.15, 0.2) is 0 Å². The minimum atomic E-state index is -0.0880. The molecule has 0 aliphatic heterocycles. The largest absolute Gasteiger partial charge is 0.334 e. The highest BCUT2D eigenvalue weighted by molar-refractivity contribution is 7.10. The Kier molecular flexibility index (Phi) is 5.33. The number of amides is 2. The Morgan fingerprint density at radius 1 is 1.39 bits per heavy atom. The normalized spacial score (nSPS) is 17.8. The highest BCUT2D eigenvalue weighted by Crippen LogP contribution is 2.37. The Morgan fingerprint density at radius 2 is 2.22 bits per heavy atom. The number of rotatable bonds is 6. The molecule has 2 amide bonds. The average molecular weight is 332 g/mol. The van der Waals surface area contributed by atoms with Crippen LogP contribution in [0.2, 0.25) is 0 Å². The zero-order chi connectivity index (χ0) is 16.1. The smallest absolute Gasteiger partial charge is 0.315 e. The van der Waals surface area contributed by atoms with E-state index in [0.29, 0.717) is 12.5 Å². The third-order valence-corrected chi connectivity index (χ3v) is 5.36. The molecule has 2 heterocycles. The molecule has 2 atom stereocenters. The van der Waals surface area contributed by atoms with Gasteiger partial charge in [-0.2, -0.15) is 5.10 Å². The van der Waals surface area contributed by atoms with Crippen LogP contribution in [0.1, 0.15) is 43.5 Å². The van der Waals surface area contributed by atoms with Crippen LogP contribution in [-0.4, -0.2) is 21.9 Å². The first-order valence-electron chi connectivity index (χ1n) is 8.30. The third kappa shape index (κ3) is 4.34. The standard InChI is InChI=1S/C17H24N4OS/c1-13(12-21-10-5-9-18-21)19-17(22)20-16(14-6-2-3-7-14)15-8-4-11-23-15/h4-5,8-11,13-14,16H,2-3,6-7,12H2,1H3,(H2,19,20,22)/t13-,16+/m0/s1. The van der Waals surface area contributed by atoms with Gasteiger partial charge in [0, 0.05) is 23.3 Å². The minimum Gasteiger partial charge on any atom is -0.334 e. The Labute approximate surface area is 141 Å². The maximum atomic E-state index is 12.4. The van der Waals surface area contributed by atoms with Crippen molar-refractivity contribution in [2.75, 3.05) is 0 Å². The van der Waals surface area contributed by atoms with Crippen molar-refractivity contribution < 1.29 is 4.79 Å². The quantitative estimate of drug-likeness (QED) is 0.849. The highest BCUT2D eigenvalue weighted by Gasteiger charge is 2.28. The Balaban J connectivity index is 1.57. The first kappa shape index (κ1) is 16.1. The van der Waals surface area contributed by atoms with Gasteiger partial charge in [0.05, 0.1) is 12.6 Å². The molecule has 1 saturated carbocycles. The first-order chi connectivity index (χ1) is 11.2. The van der Waals surface area contributed by atoms with E-state index in [1.807, 2.05) is 23.9 Å². The van der Waals surface area contributed by atoms with Crippen LogP contribution in [0.25, 0.3) is 0 Å². The summed E-state index contributed by atoms with van der Waals surface area (Å²) in [5.74, 6) is 0.556. The lowest BCUT2D eigenvalue weighted by Crippen LogP contribution is -2.45. The lowest BCUT2D eigenvalue weighted by molar-refractivity contribution is 0.227. The number of carbonyl (C=O) groups excluding carboxylic acids is 1. The maximum Gasteiger partial charge on any atom is 0.315 e. The molecule has 0 unspecified atom stereocenters. The number of urea groups is 1. The zero-order valence-corrected chi connectivity index (χ0v) is 14.3. The monoisotopic (exact) mass is 332 g/mol. The molecule has 0 bridgehead atoms. The van der Waals surface area contributed by atoms with Crippen LogP contribution in [0.4, 0.5) is 4.79 Å². The molecule has 0 spiro atoms. The molecule has 1 aliphatic carbocycles. The summed E-state index contributed by atoms with van der Waals surface area (Å²) in [4.78, 5) is 13.7. The predicted octanol–water partition coefficient (Wildman–Crippen LogP) is 3.56.